The van der Waals surface area contributed by atoms with Crippen LogP contribution in [0.5, 0.6) is 5.88 Å². The lowest BCUT2D eigenvalue weighted by molar-refractivity contribution is 0.290. The number of benzene rings is 1. The van der Waals surface area contributed by atoms with Crippen molar-refractivity contribution < 1.29 is 4.74 Å². The highest BCUT2D eigenvalue weighted by Gasteiger charge is 2.10. The molecule has 2 aromatic rings. The van der Waals surface area contributed by atoms with Gasteiger partial charge in [-0.05, 0) is 53.4 Å². The highest BCUT2D eigenvalue weighted by Crippen LogP contribution is 2.31. The van der Waals surface area contributed by atoms with Crippen molar-refractivity contribution in [2.24, 2.45) is 4.99 Å². The lowest BCUT2D eigenvalue weighted by atomic mass is 10.1. The minimum Gasteiger partial charge on any atom is -0.472 e. The zero-order valence-electron chi connectivity index (χ0n) is 14.7. The minimum atomic E-state index is 0.503. The maximum Gasteiger partial charge on any atom is 0.228 e. The molecule has 24 heavy (non-hydrogen) atoms. The Morgan fingerprint density at radius 3 is 2.71 bits per heavy atom. The number of rotatable bonds is 7. The Hall–Kier alpha value is -1.88. The summed E-state index contributed by atoms with van der Waals surface area (Å²) in [5.41, 5.74) is 4.18. The summed E-state index contributed by atoms with van der Waals surface area (Å²) in [4.78, 5) is 11.2. The van der Waals surface area contributed by atoms with Gasteiger partial charge in [0.05, 0.1) is 22.2 Å². The maximum atomic E-state index is 5.93. The summed E-state index contributed by atoms with van der Waals surface area (Å²) in [6.45, 7) is 7.66. The molecule has 1 aromatic carbocycles. The number of aliphatic imine (C=N–C) groups is 1. The lowest BCUT2D eigenvalue weighted by Gasteiger charge is -2.13. The monoisotopic (exact) mass is 389 g/mol. The van der Waals surface area contributed by atoms with Crippen LogP contribution in [-0.4, -0.2) is 29.8 Å². The molecular formula is C19H24BrN3O. The van der Waals surface area contributed by atoms with Crippen LogP contribution in [-0.2, 0) is 13.0 Å². The van der Waals surface area contributed by atoms with E-state index in [1.807, 2.05) is 36.5 Å². The fourth-order valence-electron chi connectivity index (χ4n) is 2.13. The molecule has 0 aliphatic heterocycles. The number of hydrogen-bond donors (Lipinski definition) is 0. The molecule has 1 aromatic heterocycles. The van der Waals surface area contributed by atoms with Crippen molar-refractivity contribution in [3.8, 4) is 5.88 Å². The summed E-state index contributed by atoms with van der Waals surface area (Å²) in [7, 11) is 2.00. The van der Waals surface area contributed by atoms with Gasteiger partial charge in [0.2, 0.25) is 5.88 Å². The molecule has 0 fully saturated rings. The van der Waals surface area contributed by atoms with Crippen molar-refractivity contribution >= 4 is 28.0 Å². The molecule has 0 unspecified atom stereocenters. The summed E-state index contributed by atoms with van der Waals surface area (Å²) >= 11 is 3.55. The molecule has 1 heterocycles. The number of aromatic nitrogens is 1. The number of nitrogens with zero attached hydrogens (tertiary/aromatic N) is 3. The van der Waals surface area contributed by atoms with Crippen molar-refractivity contribution in [3.63, 3.8) is 0 Å². The number of pyridine rings is 1. The van der Waals surface area contributed by atoms with E-state index in [1.165, 1.54) is 5.56 Å². The fourth-order valence-corrected chi connectivity index (χ4v) is 2.55. The van der Waals surface area contributed by atoms with Gasteiger partial charge < -0.3 is 9.64 Å². The molecule has 0 N–H and O–H groups in total. The third kappa shape index (κ3) is 4.81. The zero-order chi connectivity index (χ0) is 17.5. The second kappa shape index (κ2) is 8.83. The first-order valence-corrected chi connectivity index (χ1v) is 8.95. The van der Waals surface area contributed by atoms with Gasteiger partial charge in [0.15, 0.2) is 0 Å². The third-order valence-electron chi connectivity index (χ3n) is 3.85. The van der Waals surface area contributed by atoms with Crippen LogP contribution >= 0.6 is 15.9 Å². The standard InChI is InChI=1S/C19H24BrN3O/c1-5-17-18(21-13-23(4)6-2)11-16(20)19(22-17)24-12-15-10-8-7-9-14(15)3/h7-11,13H,5-6,12H2,1-4H3. The van der Waals surface area contributed by atoms with Crippen LogP contribution in [0.25, 0.3) is 0 Å². The average molecular weight is 390 g/mol. The summed E-state index contributed by atoms with van der Waals surface area (Å²) in [6.07, 6.45) is 2.63. The van der Waals surface area contributed by atoms with Gasteiger partial charge in [0.25, 0.3) is 0 Å². The molecule has 5 heteroatoms. The smallest absolute Gasteiger partial charge is 0.228 e. The van der Waals surface area contributed by atoms with E-state index in [0.29, 0.717) is 12.5 Å². The molecule has 0 radical (unpaired) electrons. The first-order valence-electron chi connectivity index (χ1n) is 8.16. The van der Waals surface area contributed by atoms with Crippen LogP contribution in [0.15, 0.2) is 39.8 Å². The van der Waals surface area contributed by atoms with Crippen LogP contribution in [0, 0.1) is 6.92 Å². The van der Waals surface area contributed by atoms with Gasteiger partial charge in [0.1, 0.15) is 6.61 Å². The molecule has 0 spiro atoms. The summed E-state index contributed by atoms with van der Waals surface area (Å²) in [5.74, 6) is 0.609. The summed E-state index contributed by atoms with van der Waals surface area (Å²) < 4.78 is 6.75. The van der Waals surface area contributed by atoms with Crippen LogP contribution in [0.2, 0.25) is 0 Å². The number of halogens is 1. The average Bonchev–Trinajstić information content (AvgIpc) is 2.59. The molecule has 2 rings (SSSR count). The van der Waals surface area contributed by atoms with Crippen LogP contribution in [0.3, 0.4) is 0 Å². The predicted molar refractivity (Wildman–Crippen MR) is 103 cm³/mol. The summed E-state index contributed by atoms with van der Waals surface area (Å²) in [6, 6.07) is 10.2. The minimum absolute atomic E-state index is 0.503. The molecule has 0 aliphatic carbocycles. The third-order valence-corrected chi connectivity index (χ3v) is 4.42. The quantitative estimate of drug-likeness (QED) is 0.498. The van der Waals surface area contributed by atoms with E-state index >= 15 is 0 Å². The largest absolute Gasteiger partial charge is 0.472 e. The van der Waals surface area contributed by atoms with Gasteiger partial charge >= 0.3 is 0 Å². The summed E-state index contributed by atoms with van der Waals surface area (Å²) in [5, 5.41) is 0. The lowest BCUT2D eigenvalue weighted by Crippen LogP contribution is -2.14. The fraction of sp³-hybridized carbons (Fsp3) is 0.368. The highest BCUT2D eigenvalue weighted by molar-refractivity contribution is 9.10. The number of aryl methyl sites for hydroxylation is 2. The second-order valence-electron chi connectivity index (χ2n) is 5.63. The molecule has 0 saturated carbocycles. The molecule has 128 valence electrons. The van der Waals surface area contributed by atoms with Crippen LogP contribution in [0.4, 0.5) is 5.69 Å². The first kappa shape index (κ1) is 18.5. The predicted octanol–water partition coefficient (Wildman–Crippen LogP) is 4.91. The van der Waals surface area contributed by atoms with E-state index in [-0.39, 0.29) is 0 Å². The first-order chi connectivity index (χ1) is 11.5. The van der Waals surface area contributed by atoms with E-state index < -0.39 is 0 Å². The van der Waals surface area contributed by atoms with Crippen molar-refractivity contribution in [1.29, 1.82) is 0 Å². The Labute approximate surface area is 152 Å². The Balaban J connectivity index is 2.20. The van der Waals surface area contributed by atoms with E-state index in [2.05, 4.69) is 58.8 Å². The second-order valence-corrected chi connectivity index (χ2v) is 6.48. The van der Waals surface area contributed by atoms with Crippen molar-refractivity contribution in [1.82, 2.24) is 9.88 Å². The van der Waals surface area contributed by atoms with Gasteiger partial charge in [-0.25, -0.2) is 9.98 Å². The maximum absolute atomic E-state index is 5.93. The van der Waals surface area contributed by atoms with Gasteiger partial charge in [-0.3, -0.25) is 0 Å². The molecule has 0 amide bonds. The highest BCUT2D eigenvalue weighted by atomic mass is 79.9. The molecule has 0 bridgehead atoms. The van der Waals surface area contributed by atoms with Crippen LogP contribution < -0.4 is 4.74 Å². The van der Waals surface area contributed by atoms with E-state index in [1.54, 1.807) is 0 Å². The normalized spacial score (nSPS) is 11.0. The number of hydrogen-bond acceptors (Lipinski definition) is 3. The molecule has 4 nitrogen and oxygen atoms in total. The van der Waals surface area contributed by atoms with Gasteiger partial charge in [0, 0.05) is 13.6 Å². The van der Waals surface area contributed by atoms with Crippen molar-refractivity contribution in [3.05, 3.63) is 51.6 Å². The molecule has 0 saturated heterocycles. The van der Waals surface area contributed by atoms with E-state index in [9.17, 15) is 0 Å². The molecule has 0 atom stereocenters. The van der Waals surface area contributed by atoms with Crippen molar-refractivity contribution in [2.45, 2.75) is 33.8 Å². The molecule has 0 aliphatic rings. The molecular weight excluding hydrogens is 366 g/mol. The topological polar surface area (TPSA) is 37.7 Å². The van der Waals surface area contributed by atoms with Gasteiger partial charge in [-0.2, -0.15) is 0 Å². The number of ether oxygens (including phenoxy) is 1. The van der Waals surface area contributed by atoms with Crippen LogP contribution in [0.1, 0.15) is 30.7 Å². The van der Waals surface area contributed by atoms with E-state index in [4.69, 9.17) is 4.74 Å². The Morgan fingerprint density at radius 2 is 2.04 bits per heavy atom. The Bertz CT molecular complexity index is 716. The Kier molecular flexibility index (Phi) is 6.79. The van der Waals surface area contributed by atoms with E-state index in [0.717, 1.165) is 34.4 Å². The van der Waals surface area contributed by atoms with Gasteiger partial charge in [-0.15, -0.1) is 0 Å². The van der Waals surface area contributed by atoms with Gasteiger partial charge in [-0.1, -0.05) is 31.2 Å². The SMILES string of the molecule is CCc1nc(OCc2ccccc2C)c(Br)cc1N=CN(C)CC. The van der Waals surface area contributed by atoms with Crippen molar-refractivity contribution in [2.75, 3.05) is 13.6 Å². The zero-order valence-corrected chi connectivity index (χ0v) is 16.3. The Morgan fingerprint density at radius 1 is 1.29 bits per heavy atom.